The van der Waals surface area contributed by atoms with Crippen molar-refractivity contribution in [1.82, 2.24) is 15.0 Å². The summed E-state index contributed by atoms with van der Waals surface area (Å²) >= 11 is 0. The molecule has 0 atom stereocenters. The van der Waals surface area contributed by atoms with E-state index in [9.17, 15) is 15.8 Å². The van der Waals surface area contributed by atoms with Gasteiger partial charge in [0, 0.05) is 32.8 Å². The van der Waals surface area contributed by atoms with Gasteiger partial charge in [0.15, 0.2) is 0 Å². The van der Waals surface area contributed by atoms with Gasteiger partial charge < -0.3 is 0 Å². The minimum Gasteiger partial charge on any atom is -0.247 e. The quantitative estimate of drug-likeness (QED) is 0.184. The summed E-state index contributed by atoms with van der Waals surface area (Å²) < 4.78 is 0. The average molecular weight is 611 g/mol. The lowest BCUT2D eigenvalue weighted by atomic mass is 9.93. The van der Waals surface area contributed by atoms with E-state index in [0.717, 1.165) is 55.2 Å². The summed E-state index contributed by atoms with van der Waals surface area (Å²) in [7, 11) is 0. The van der Waals surface area contributed by atoms with Gasteiger partial charge in [0.2, 0.25) is 0 Å². The van der Waals surface area contributed by atoms with Crippen LogP contribution in [0.4, 0.5) is 0 Å². The molecule has 6 aromatic carbocycles. The van der Waals surface area contributed by atoms with E-state index >= 15 is 0 Å². The summed E-state index contributed by atoms with van der Waals surface area (Å²) in [6, 6.07) is 49.4. The second-order valence-corrected chi connectivity index (χ2v) is 11.4. The van der Waals surface area contributed by atoms with Crippen molar-refractivity contribution in [2.24, 2.45) is 0 Å². The van der Waals surface area contributed by atoms with Gasteiger partial charge in [-0.25, -0.2) is 15.0 Å². The molecule has 48 heavy (non-hydrogen) atoms. The second-order valence-electron chi connectivity index (χ2n) is 11.4. The molecular weight excluding hydrogens is 589 g/mol. The van der Waals surface area contributed by atoms with E-state index in [1.165, 1.54) is 0 Å². The molecule has 0 aliphatic carbocycles. The molecule has 0 fully saturated rings. The Balaban J connectivity index is 1.47. The van der Waals surface area contributed by atoms with Crippen molar-refractivity contribution in [3.63, 3.8) is 0 Å². The zero-order valence-electron chi connectivity index (χ0n) is 25.4. The number of benzene rings is 6. The van der Waals surface area contributed by atoms with Crippen LogP contribution in [-0.4, -0.2) is 15.0 Å². The lowest BCUT2D eigenvalue weighted by Crippen LogP contribution is -2.00. The summed E-state index contributed by atoms with van der Waals surface area (Å²) in [4.78, 5) is 15.7. The summed E-state index contributed by atoms with van der Waals surface area (Å²) in [5.41, 5.74) is 9.52. The molecule has 0 unspecified atom stereocenters. The van der Waals surface area contributed by atoms with Crippen LogP contribution < -0.4 is 0 Å². The van der Waals surface area contributed by atoms with Gasteiger partial charge in [-0.05, 0) is 47.5 Å². The molecule has 0 amide bonds. The molecule has 6 nitrogen and oxygen atoms in total. The molecule has 0 saturated carbocycles. The smallest absolute Gasteiger partial charge is 0.108 e. The number of hydrogen-bond acceptors (Lipinski definition) is 6. The first-order chi connectivity index (χ1) is 23.6. The maximum absolute atomic E-state index is 10.5. The first kappa shape index (κ1) is 28.3. The van der Waals surface area contributed by atoms with Crippen LogP contribution >= 0.6 is 0 Å². The van der Waals surface area contributed by atoms with Crippen LogP contribution in [-0.2, 0) is 0 Å². The number of hydrogen-bond donors (Lipinski definition) is 0. The first-order valence-electron chi connectivity index (χ1n) is 15.3. The molecule has 0 bridgehead atoms. The van der Waals surface area contributed by atoms with Crippen molar-refractivity contribution >= 4 is 32.7 Å². The third-order valence-electron chi connectivity index (χ3n) is 8.48. The molecule has 0 spiro atoms. The number of rotatable bonds is 4. The van der Waals surface area contributed by atoms with E-state index in [4.69, 9.17) is 15.0 Å². The predicted molar refractivity (Wildman–Crippen MR) is 188 cm³/mol. The maximum Gasteiger partial charge on any atom is 0.108 e. The average Bonchev–Trinajstić information content (AvgIpc) is 3.17. The van der Waals surface area contributed by atoms with Crippen molar-refractivity contribution in [2.75, 3.05) is 0 Å². The second kappa shape index (κ2) is 11.6. The van der Waals surface area contributed by atoms with Crippen LogP contribution in [0.5, 0.6) is 0 Å². The largest absolute Gasteiger partial charge is 0.247 e. The normalized spacial score (nSPS) is 10.9. The SMILES string of the molecule is N#Cc1cc(C#N)cc(-c2cccc(-c3nc4ccccc4c4c3cc(C#N)c3nc(-c5ccccc5)c(-c5ccccc5)nc34)c2)c1. The van der Waals surface area contributed by atoms with Gasteiger partial charge in [-0.15, -0.1) is 0 Å². The van der Waals surface area contributed by atoms with Crippen LogP contribution in [0, 0.1) is 34.0 Å². The van der Waals surface area contributed by atoms with Gasteiger partial charge in [0.05, 0.1) is 56.9 Å². The van der Waals surface area contributed by atoms with Gasteiger partial charge in [-0.2, -0.15) is 15.8 Å². The number of pyridine rings is 1. The van der Waals surface area contributed by atoms with Gasteiger partial charge in [-0.3, -0.25) is 0 Å². The molecule has 0 aliphatic rings. The zero-order valence-corrected chi connectivity index (χ0v) is 25.4. The highest BCUT2D eigenvalue weighted by Crippen LogP contribution is 2.40. The summed E-state index contributed by atoms with van der Waals surface area (Å²) in [5.74, 6) is 0. The lowest BCUT2D eigenvalue weighted by Gasteiger charge is -2.16. The molecule has 6 heteroatoms. The molecule has 220 valence electrons. The van der Waals surface area contributed by atoms with Crippen LogP contribution in [0.3, 0.4) is 0 Å². The highest BCUT2D eigenvalue weighted by Gasteiger charge is 2.21. The Bertz CT molecular complexity index is 2660. The van der Waals surface area contributed by atoms with Crippen molar-refractivity contribution in [2.45, 2.75) is 0 Å². The summed E-state index contributed by atoms with van der Waals surface area (Å²) in [5, 5.41) is 32.2. The number of fused-ring (bicyclic) bond motifs is 5. The molecule has 8 rings (SSSR count). The minimum absolute atomic E-state index is 0.400. The van der Waals surface area contributed by atoms with Gasteiger partial charge in [0.25, 0.3) is 0 Å². The molecule has 0 N–H and O–H groups in total. The first-order valence-corrected chi connectivity index (χ1v) is 15.3. The Kier molecular flexibility index (Phi) is 6.85. The van der Waals surface area contributed by atoms with Gasteiger partial charge >= 0.3 is 0 Å². The molecule has 2 heterocycles. The maximum atomic E-state index is 10.5. The topological polar surface area (TPSA) is 110 Å². The Hall–Kier alpha value is -7.20. The molecule has 0 radical (unpaired) electrons. The Morgan fingerprint density at radius 3 is 1.62 bits per heavy atom. The highest BCUT2D eigenvalue weighted by atomic mass is 14.8. The third-order valence-corrected chi connectivity index (χ3v) is 8.48. The molecule has 2 aromatic heterocycles. The number of nitriles is 3. The number of aromatic nitrogens is 3. The van der Waals surface area contributed by atoms with Crippen LogP contribution in [0.1, 0.15) is 16.7 Å². The Morgan fingerprint density at radius 1 is 0.396 bits per heavy atom. The van der Waals surface area contributed by atoms with E-state index in [1.807, 2.05) is 115 Å². The van der Waals surface area contributed by atoms with Crippen LogP contribution in [0.25, 0.3) is 77.6 Å². The predicted octanol–water partition coefficient (Wildman–Crippen LogP) is 9.61. The van der Waals surface area contributed by atoms with E-state index in [1.54, 1.807) is 18.2 Å². The van der Waals surface area contributed by atoms with E-state index in [2.05, 4.69) is 18.2 Å². The van der Waals surface area contributed by atoms with E-state index in [-0.39, 0.29) is 0 Å². The molecule has 0 aliphatic heterocycles. The van der Waals surface area contributed by atoms with Gasteiger partial charge in [0.1, 0.15) is 11.6 Å². The summed E-state index contributed by atoms with van der Waals surface area (Å²) in [6.45, 7) is 0. The van der Waals surface area contributed by atoms with Crippen molar-refractivity contribution < 1.29 is 0 Å². The van der Waals surface area contributed by atoms with Crippen molar-refractivity contribution in [3.05, 3.63) is 150 Å². The number of para-hydroxylation sites is 1. The third kappa shape index (κ3) is 4.77. The highest BCUT2D eigenvalue weighted by molar-refractivity contribution is 6.22. The summed E-state index contributed by atoms with van der Waals surface area (Å²) in [6.07, 6.45) is 0. The van der Waals surface area contributed by atoms with Crippen molar-refractivity contribution in [1.29, 1.82) is 15.8 Å². The monoisotopic (exact) mass is 610 g/mol. The Labute approximate surface area is 276 Å². The zero-order chi connectivity index (χ0) is 32.6. The minimum atomic E-state index is 0.400. The Morgan fingerprint density at radius 2 is 0.979 bits per heavy atom. The fraction of sp³-hybridized carbons (Fsp3) is 0. The standard InChI is InChI=1S/C42H22N6/c43-23-26-18-27(24-44)20-32(19-26)30-14-9-15-31(21-30)38-35-22-33(25-45)41-42(37(35)34-16-7-8-17-36(34)46-38)48-40(29-12-5-2-6-13-29)39(47-41)28-10-3-1-4-11-28/h1-22H. The fourth-order valence-electron chi connectivity index (χ4n) is 6.30. The van der Waals surface area contributed by atoms with E-state index < -0.39 is 0 Å². The molecule has 8 aromatic rings. The van der Waals surface area contributed by atoms with Crippen LogP contribution in [0.15, 0.2) is 133 Å². The lowest BCUT2D eigenvalue weighted by molar-refractivity contribution is 1.29. The molecule has 0 saturated heterocycles. The van der Waals surface area contributed by atoms with Crippen LogP contribution in [0.2, 0.25) is 0 Å². The number of nitrogens with zero attached hydrogens (tertiary/aromatic N) is 6. The van der Waals surface area contributed by atoms with E-state index in [0.29, 0.717) is 39.1 Å². The fourth-order valence-corrected chi connectivity index (χ4v) is 6.30. The molecular formula is C42H22N6. The van der Waals surface area contributed by atoms with Crippen molar-refractivity contribution in [3.8, 4) is 63.1 Å². The van der Waals surface area contributed by atoms with Gasteiger partial charge in [-0.1, -0.05) is 97.1 Å².